The normalized spacial score (nSPS) is 19.4. The number of anilines is 1. The minimum absolute atomic E-state index is 0.113. The highest BCUT2D eigenvalue weighted by molar-refractivity contribution is 5.97. The van der Waals surface area contributed by atoms with Crippen molar-refractivity contribution in [2.45, 2.75) is 38.3 Å². The fraction of sp³-hybridized carbons (Fsp3) is 0.615. The minimum Gasteiger partial charge on any atom is -0.347 e. The number of nitrogens with zero attached hydrogens (tertiary/aromatic N) is 4. The number of aromatic nitrogens is 2. The lowest BCUT2D eigenvalue weighted by Crippen LogP contribution is -2.33. The van der Waals surface area contributed by atoms with Gasteiger partial charge in [-0.3, -0.25) is 4.79 Å². The summed E-state index contributed by atoms with van der Waals surface area (Å²) in [5.41, 5.74) is 1.57. The first-order valence-corrected chi connectivity index (χ1v) is 6.51. The number of hydrogen-bond donors (Lipinski definition) is 0. The Morgan fingerprint density at radius 3 is 2.72 bits per heavy atom. The monoisotopic (exact) mass is 246 g/mol. The van der Waals surface area contributed by atoms with Crippen molar-refractivity contribution in [3.8, 4) is 0 Å². The molecule has 0 aromatic carbocycles. The predicted molar refractivity (Wildman–Crippen MR) is 68.5 cm³/mol. The van der Waals surface area contributed by atoms with Crippen molar-refractivity contribution in [1.29, 1.82) is 0 Å². The summed E-state index contributed by atoms with van der Waals surface area (Å²) in [7, 11) is 3.82. The SMILES string of the molecule is CN(C)c1ncc2c(n1)CN(C1CCCC1)C2=O. The van der Waals surface area contributed by atoms with Crippen molar-refractivity contribution in [3.05, 3.63) is 17.5 Å². The van der Waals surface area contributed by atoms with E-state index in [1.807, 2.05) is 23.9 Å². The Labute approximate surface area is 107 Å². The van der Waals surface area contributed by atoms with Crippen molar-refractivity contribution in [1.82, 2.24) is 14.9 Å². The fourth-order valence-electron chi connectivity index (χ4n) is 2.82. The molecule has 0 N–H and O–H groups in total. The number of rotatable bonds is 2. The van der Waals surface area contributed by atoms with Crippen molar-refractivity contribution < 1.29 is 4.79 Å². The largest absolute Gasteiger partial charge is 0.347 e. The van der Waals surface area contributed by atoms with Crippen LogP contribution in [0, 0.1) is 0 Å². The van der Waals surface area contributed by atoms with Crippen LogP contribution in [0.15, 0.2) is 6.20 Å². The molecule has 0 spiro atoms. The Hall–Kier alpha value is -1.65. The average Bonchev–Trinajstić information content (AvgIpc) is 2.97. The Morgan fingerprint density at radius 2 is 2.06 bits per heavy atom. The summed E-state index contributed by atoms with van der Waals surface area (Å²) in [6.07, 6.45) is 6.41. The van der Waals surface area contributed by atoms with Crippen LogP contribution in [-0.2, 0) is 6.54 Å². The van der Waals surface area contributed by atoms with Crippen molar-refractivity contribution >= 4 is 11.9 Å². The molecular formula is C13H18N4O. The first-order chi connectivity index (χ1) is 8.66. The predicted octanol–water partition coefficient (Wildman–Crippen LogP) is 1.44. The van der Waals surface area contributed by atoms with Gasteiger partial charge in [0.25, 0.3) is 5.91 Å². The summed E-state index contributed by atoms with van der Waals surface area (Å²) in [6, 6.07) is 0.412. The van der Waals surface area contributed by atoms with Crippen molar-refractivity contribution in [2.75, 3.05) is 19.0 Å². The van der Waals surface area contributed by atoms with Crippen molar-refractivity contribution in [3.63, 3.8) is 0 Å². The Balaban J connectivity index is 1.88. The molecule has 0 saturated heterocycles. The smallest absolute Gasteiger partial charge is 0.257 e. The van der Waals surface area contributed by atoms with Crippen LogP contribution < -0.4 is 4.90 Å². The van der Waals surface area contributed by atoms with Crippen LogP contribution in [0.3, 0.4) is 0 Å². The molecule has 1 aliphatic carbocycles. The van der Waals surface area contributed by atoms with E-state index in [9.17, 15) is 4.79 Å². The number of carbonyl (C=O) groups excluding carboxylic acids is 1. The summed E-state index contributed by atoms with van der Waals surface area (Å²) in [5, 5.41) is 0. The molecule has 3 rings (SSSR count). The standard InChI is InChI=1S/C13H18N4O/c1-16(2)13-14-7-10-11(15-13)8-17(12(10)18)9-5-3-4-6-9/h7,9H,3-6,8H2,1-2H3. The van der Waals surface area contributed by atoms with E-state index in [1.165, 1.54) is 12.8 Å². The molecule has 1 aliphatic heterocycles. The molecule has 0 radical (unpaired) electrons. The van der Waals surface area contributed by atoms with Crippen molar-refractivity contribution in [2.24, 2.45) is 0 Å². The lowest BCUT2D eigenvalue weighted by atomic mass is 10.2. The number of amides is 1. The van der Waals surface area contributed by atoms with Gasteiger partial charge in [-0.2, -0.15) is 0 Å². The molecule has 96 valence electrons. The van der Waals surface area contributed by atoms with Crippen LogP contribution in [0.4, 0.5) is 5.95 Å². The van der Waals surface area contributed by atoms with Gasteiger partial charge in [-0.1, -0.05) is 12.8 Å². The highest BCUT2D eigenvalue weighted by atomic mass is 16.2. The molecule has 0 bridgehead atoms. The second kappa shape index (κ2) is 4.23. The van der Waals surface area contributed by atoms with E-state index < -0.39 is 0 Å². The highest BCUT2D eigenvalue weighted by Gasteiger charge is 2.35. The summed E-state index contributed by atoms with van der Waals surface area (Å²) in [5.74, 6) is 0.789. The zero-order chi connectivity index (χ0) is 12.7. The van der Waals surface area contributed by atoms with Gasteiger partial charge in [0.2, 0.25) is 5.95 Å². The topological polar surface area (TPSA) is 49.3 Å². The van der Waals surface area contributed by atoms with E-state index in [1.54, 1.807) is 6.20 Å². The molecular weight excluding hydrogens is 228 g/mol. The second-order valence-electron chi connectivity index (χ2n) is 5.30. The number of carbonyl (C=O) groups is 1. The van der Waals surface area contributed by atoms with E-state index in [-0.39, 0.29) is 5.91 Å². The molecule has 0 atom stereocenters. The van der Waals surface area contributed by atoms with E-state index in [4.69, 9.17) is 0 Å². The average molecular weight is 246 g/mol. The second-order valence-corrected chi connectivity index (χ2v) is 5.30. The minimum atomic E-state index is 0.113. The number of hydrogen-bond acceptors (Lipinski definition) is 4. The Kier molecular flexibility index (Phi) is 2.69. The third-order valence-electron chi connectivity index (χ3n) is 3.83. The summed E-state index contributed by atoms with van der Waals surface area (Å²) >= 11 is 0. The molecule has 1 aromatic rings. The van der Waals surface area contributed by atoms with Crippen LogP contribution in [-0.4, -0.2) is 40.9 Å². The maximum absolute atomic E-state index is 12.3. The van der Waals surface area contributed by atoms with Crippen LogP contribution >= 0.6 is 0 Å². The molecule has 2 heterocycles. The molecule has 1 amide bonds. The van der Waals surface area contributed by atoms with E-state index in [0.717, 1.165) is 18.5 Å². The molecule has 2 aliphatic rings. The Morgan fingerprint density at radius 1 is 1.33 bits per heavy atom. The third-order valence-corrected chi connectivity index (χ3v) is 3.83. The lowest BCUT2D eigenvalue weighted by molar-refractivity contribution is 0.0706. The van der Waals surface area contributed by atoms with Crippen LogP contribution in [0.5, 0.6) is 0 Å². The Bertz CT molecular complexity index is 480. The van der Waals surface area contributed by atoms with E-state index in [0.29, 0.717) is 24.1 Å². The first kappa shape index (κ1) is 11.4. The molecule has 5 nitrogen and oxygen atoms in total. The van der Waals surface area contributed by atoms with Gasteiger partial charge in [-0.25, -0.2) is 9.97 Å². The van der Waals surface area contributed by atoms with E-state index >= 15 is 0 Å². The van der Waals surface area contributed by atoms with Gasteiger partial charge in [0.05, 0.1) is 17.8 Å². The van der Waals surface area contributed by atoms with Crippen LogP contribution in [0.2, 0.25) is 0 Å². The van der Waals surface area contributed by atoms with Gasteiger partial charge in [-0.15, -0.1) is 0 Å². The molecule has 1 aromatic heterocycles. The third kappa shape index (κ3) is 1.74. The molecule has 1 fully saturated rings. The molecule has 5 heteroatoms. The lowest BCUT2D eigenvalue weighted by Gasteiger charge is -2.22. The molecule has 0 unspecified atom stereocenters. The fourth-order valence-corrected chi connectivity index (χ4v) is 2.82. The summed E-state index contributed by atoms with van der Waals surface area (Å²) in [4.78, 5) is 24.8. The van der Waals surface area contributed by atoms with E-state index in [2.05, 4.69) is 9.97 Å². The zero-order valence-electron chi connectivity index (χ0n) is 10.9. The van der Waals surface area contributed by atoms with Gasteiger partial charge in [-0.05, 0) is 12.8 Å². The van der Waals surface area contributed by atoms with Gasteiger partial charge in [0.1, 0.15) is 0 Å². The van der Waals surface area contributed by atoms with Gasteiger partial charge in [0.15, 0.2) is 0 Å². The summed E-state index contributed by atoms with van der Waals surface area (Å²) < 4.78 is 0. The zero-order valence-corrected chi connectivity index (χ0v) is 10.9. The quantitative estimate of drug-likeness (QED) is 0.792. The molecule has 1 saturated carbocycles. The van der Waals surface area contributed by atoms with Crippen LogP contribution in [0.25, 0.3) is 0 Å². The summed E-state index contributed by atoms with van der Waals surface area (Å²) in [6.45, 7) is 0.655. The number of fused-ring (bicyclic) bond motifs is 1. The van der Waals surface area contributed by atoms with Gasteiger partial charge >= 0.3 is 0 Å². The maximum atomic E-state index is 12.3. The van der Waals surface area contributed by atoms with Gasteiger partial charge in [0, 0.05) is 26.3 Å². The first-order valence-electron chi connectivity index (χ1n) is 6.51. The van der Waals surface area contributed by atoms with Crippen LogP contribution in [0.1, 0.15) is 41.7 Å². The molecule has 18 heavy (non-hydrogen) atoms. The highest BCUT2D eigenvalue weighted by Crippen LogP contribution is 2.30. The van der Waals surface area contributed by atoms with Gasteiger partial charge < -0.3 is 9.80 Å². The maximum Gasteiger partial charge on any atom is 0.257 e.